The van der Waals surface area contributed by atoms with Gasteiger partial charge in [-0.2, -0.15) is 5.26 Å². The van der Waals surface area contributed by atoms with Crippen LogP contribution in [0.5, 0.6) is 11.5 Å². The van der Waals surface area contributed by atoms with Gasteiger partial charge < -0.3 is 14.8 Å². The van der Waals surface area contributed by atoms with Gasteiger partial charge in [0.25, 0.3) is 5.91 Å². The Bertz CT molecular complexity index is 1340. The van der Waals surface area contributed by atoms with Crippen LogP contribution in [0.15, 0.2) is 70.6 Å². The van der Waals surface area contributed by atoms with Crippen LogP contribution >= 0.6 is 11.8 Å². The molecule has 0 saturated carbocycles. The molecule has 1 fully saturated rings. The molecule has 6 nitrogen and oxygen atoms in total. The van der Waals surface area contributed by atoms with Crippen LogP contribution in [0.2, 0.25) is 0 Å². The summed E-state index contributed by atoms with van der Waals surface area (Å²) >= 11 is 1.30. The van der Waals surface area contributed by atoms with Gasteiger partial charge in [-0.05, 0) is 78.7 Å². The number of nitrogens with zero attached hydrogens (tertiary/aromatic N) is 2. The van der Waals surface area contributed by atoms with Crippen molar-refractivity contribution in [2.24, 2.45) is 4.99 Å². The van der Waals surface area contributed by atoms with Crippen molar-refractivity contribution in [2.45, 2.75) is 20.5 Å². The average Bonchev–Trinajstić information content (AvgIpc) is 3.15. The molecule has 0 spiro atoms. The van der Waals surface area contributed by atoms with Crippen LogP contribution in [0.3, 0.4) is 0 Å². The lowest BCUT2D eigenvalue weighted by molar-refractivity contribution is -0.115. The molecule has 0 aromatic heterocycles. The van der Waals surface area contributed by atoms with Crippen LogP contribution in [0, 0.1) is 25.2 Å². The molecule has 0 aliphatic carbocycles. The number of hydrogen-bond donors (Lipinski definition) is 1. The summed E-state index contributed by atoms with van der Waals surface area (Å²) in [4.78, 5) is 17.6. The second kappa shape index (κ2) is 10.3. The first kappa shape index (κ1) is 23.1. The Hall–Kier alpha value is -4.02. The van der Waals surface area contributed by atoms with Crippen molar-refractivity contribution in [1.29, 1.82) is 5.26 Å². The summed E-state index contributed by atoms with van der Waals surface area (Å²) in [6, 6.07) is 21.0. The number of thioether (sulfide) groups is 1. The van der Waals surface area contributed by atoms with Crippen LogP contribution in [0.1, 0.15) is 27.8 Å². The summed E-state index contributed by atoms with van der Waals surface area (Å²) in [5.41, 5.74) is 5.22. The maximum atomic E-state index is 12.5. The van der Waals surface area contributed by atoms with Crippen molar-refractivity contribution in [3.8, 4) is 17.6 Å². The molecule has 0 radical (unpaired) electrons. The Morgan fingerprint density at radius 1 is 1.06 bits per heavy atom. The minimum atomic E-state index is -0.194. The normalized spacial score (nSPS) is 15.3. The summed E-state index contributed by atoms with van der Waals surface area (Å²) < 4.78 is 11.4. The van der Waals surface area contributed by atoms with Crippen LogP contribution in [-0.4, -0.2) is 18.2 Å². The number of nitrogens with one attached hydrogen (secondary N) is 1. The number of rotatable bonds is 6. The fourth-order valence-electron chi connectivity index (χ4n) is 3.57. The summed E-state index contributed by atoms with van der Waals surface area (Å²) in [6.07, 6.45) is 1.79. The predicted octanol–water partition coefficient (Wildman–Crippen LogP) is 5.65. The first-order valence-corrected chi connectivity index (χ1v) is 11.4. The van der Waals surface area contributed by atoms with Crippen molar-refractivity contribution in [3.05, 3.63) is 93.4 Å². The van der Waals surface area contributed by atoms with Gasteiger partial charge in [0, 0.05) is 5.56 Å². The first-order valence-electron chi connectivity index (χ1n) is 10.6. The molecule has 0 atom stereocenters. The fourth-order valence-corrected chi connectivity index (χ4v) is 4.41. The summed E-state index contributed by atoms with van der Waals surface area (Å²) in [5.74, 6) is 0.898. The number of carbonyl (C=O) groups excluding carboxylic acids is 1. The number of benzene rings is 3. The van der Waals surface area contributed by atoms with Crippen molar-refractivity contribution in [3.63, 3.8) is 0 Å². The Morgan fingerprint density at radius 2 is 1.82 bits per heavy atom. The van der Waals surface area contributed by atoms with Gasteiger partial charge in [-0.25, -0.2) is 4.99 Å². The highest BCUT2D eigenvalue weighted by Crippen LogP contribution is 2.33. The number of amidine groups is 1. The number of methoxy groups -OCH3 is 1. The van der Waals surface area contributed by atoms with Gasteiger partial charge in [-0.3, -0.25) is 4.79 Å². The Labute approximate surface area is 202 Å². The molecular formula is C27H23N3O3S. The van der Waals surface area contributed by atoms with Crippen LogP contribution in [0.4, 0.5) is 5.69 Å². The summed E-state index contributed by atoms with van der Waals surface area (Å²) in [6.45, 7) is 4.29. The number of aryl methyl sites for hydroxylation is 2. The molecule has 3 aromatic rings. The van der Waals surface area contributed by atoms with Crippen LogP contribution in [-0.2, 0) is 11.4 Å². The lowest BCUT2D eigenvalue weighted by atomic mass is 10.1. The predicted molar refractivity (Wildman–Crippen MR) is 135 cm³/mol. The SMILES string of the molecule is COc1cc(C=C2SC(=Nc3cc(C)cc(C)c3)NC2=O)ccc1OCc1ccccc1C#N. The number of ether oxygens (including phenoxy) is 2. The Balaban J connectivity index is 1.51. The van der Waals surface area contributed by atoms with E-state index in [1.54, 1.807) is 25.3 Å². The molecule has 1 saturated heterocycles. The average molecular weight is 470 g/mol. The highest BCUT2D eigenvalue weighted by atomic mass is 32.2. The van der Waals surface area contributed by atoms with Gasteiger partial charge >= 0.3 is 0 Å². The maximum absolute atomic E-state index is 12.5. The molecule has 7 heteroatoms. The van der Waals surface area contributed by atoms with E-state index in [2.05, 4.69) is 22.4 Å². The molecule has 0 bridgehead atoms. The smallest absolute Gasteiger partial charge is 0.264 e. The van der Waals surface area contributed by atoms with Gasteiger partial charge in [0.15, 0.2) is 16.7 Å². The second-order valence-electron chi connectivity index (χ2n) is 7.80. The van der Waals surface area contributed by atoms with Crippen molar-refractivity contribution >= 4 is 34.6 Å². The van der Waals surface area contributed by atoms with E-state index in [0.717, 1.165) is 27.9 Å². The Kier molecular flexibility index (Phi) is 7.00. The number of hydrogen-bond acceptors (Lipinski definition) is 6. The molecule has 1 aliphatic heterocycles. The first-order chi connectivity index (χ1) is 16.4. The van der Waals surface area contributed by atoms with Crippen molar-refractivity contribution < 1.29 is 14.3 Å². The van der Waals surface area contributed by atoms with E-state index in [0.29, 0.717) is 27.1 Å². The Morgan fingerprint density at radius 3 is 2.56 bits per heavy atom. The van der Waals surface area contributed by atoms with Gasteiger partial charge in [-0.1, -0.05) is 30.3 Å². The highest BCUT2D eigenvalue weighted by Gasteiger charge is 2.24. The molecule has 170 valence electrons. The fraction of sp³-hybridized carbons (Fsp3) is 0.148. The van der Waals surface area contributed by atoms with E-state index >= 15 is 0 Å². The zero-order chi connectivity index (χ0) is 24.1. The molecule has 1 heterocycles. The quantitative estimate of drug-likeness (QED) is 0.471. The van der Waals surface area contributed by atoms with E-state index in [1.807, 2.05) is 56.3 Å². The van der Waals surface area contributed by atoms with Gasteiger partial charge in [0.1, 0.15) is 6.61 Å². The van der Waals surface area contributed by atoms with E-state index in [-0.39, 0.29) is 12.5 Å². The van der Waals surface area contributed by atoms with E-state index in [1.165, 1.54) is 11.8 Å². The molecule has 0 unspecified atom stereocenters. The molecule has 3 aromatic carbocycles. The third kappa shape index (κ3) is 5.48. The lowest BCUT2D eigenvalue weighted by Gasteiger charge is -2.12. The largest absolute Gasteiger partial charge is 0.493 e. The molecule has 34 heavy (non-hydrogen) atoms. The molecule has 1 amide bonds. The zero-order valence-electron chi connectivity index (χ0n) is 19.1. The zero-order valence-corrected chi connectivity index (χ0v) is 19.9. The van der Waals surface area contributed by atoms with Crippen molar-refractivity contribution in [1.82, 2.24) is 5.32 Å². The topological polar surface area (TPSA) is 83.7 Å². The third-order valence-corrected chi connectivity index (χ3v) is 6.00. The highest BCUT2D eigenvalue weighted by molar-refractivity contribution is 8.18. The maximum Gasteiger partial charge on any atom is 0.264 e. The monoisotopic (exact) mass is 469 g/mol. The lowest BCUT2D eigenvalue weighted by Crippen LogP contribution is -2.19. The number of nitriles is 1. The van der Waals surface area contributed by atoms with Gasteiger partial charge in [0.2, 0.25) is 0 Å². The summed E-state index contributed by atoms with van der Waals surface area (Å²) in [5, 5.41) is 12.6. The van der Waals surface area contributed by atoms with Crippen LogP contribution < -0.4 is 14.8 Å². The second-order valence-corrected chi connectivity index (χ2v) is 8.83. The molecule has 1 aliphatic rings. The van der Waals surface area contributed by atoms with Gasteiger partial charge in [-0.15, -0.1) is 0 Å². The summed E-state index contributed by atoms with van der Waals surface area (Å²) in [7, 11) is 1.56. The van der Waals surface area contributed by atoms with E-state index < -0.39 is 0 Å². The number of aliphatic imine (C=N–C) groups is 1. The third-order valence-electron chi connectivity index (χ3n) is 5.09. The minimum Gasteiger partial charge on any atom is -0.493 e. The number of amides is 1. The van der Waals surface area contributed by atoms with E-state index in [4.69, 9.17) is 9.47 Å². The molecular weight excluding hydrogens is 446 g/mol. The minimum absolute atomic E-state index is 0.194. The van der Waals surface area contributed by atoms with Crippen molar-refractivity contribution in [2.75, 3.05) is 7.11 Å². The number of carbonyl (C=O) groups is 1. The van der Waals surface area contributed by atoms with Gasteiger partial charge in [0.05, 0.1) is 29.3 Å². The van der Waals surface area contributed by atoms with Crippen LogP contribution in [0.25, 0.3) is 6.08 Å². The molecule has 4 rings (SSSR count). The molecule has 1 N–H and O–H groups in total. The standard InChI is InChI=1S/C27H23N3O3S/c1-17-10-18(2)12-22(11-17)29-27-30-26(31)25(34-27)14-19-8-9-23(24(13-19)32-3)33-16-21-7-5-4-6-20(21)15-28/h4-14H,16H2,1-3H3,(H,29,30,31). The van der Waals surface area contributed by atoms with E-state index in [9.17, 15) is 10.1 Å².